The molecule has 0 aliphatic rings. The zero-order valence-corrected chi connectivity index (χ0v) is 18.6. The topological polar surface area (TPSA) is 14.2 Å². The Hall–Kier alpha value is -3.44. The molecule has 0 saturated carbocycles. The van der Waals surface area contributed by atoms with Crippen molar-refractivity contribution < 1.29 is 4.74 Å². The number of aromatic nitrogens is 1. The molecular weight excluding hydrogens is 378 g/mol. The third-order valence-corrected chi connectivity index (χ3v) is 5.90. The maximum atomic E-state index is 6.14. The molecule has 1 aromatic heterocycles. The van der Waals surface area contributed by atoms with Crippen LogP contribution < -0.4 is 4.74 Å². The summed E-state index contributed by atoms with van der Waals surface area (Å²) in [5.74, 6) is 7.49. The maximum Gasteiger partial charge on any atom is 0.119 e. The van der Waals surface area contributed by atoms with Crippen molar-refractivity contribution in [3.63, 3.8) is 0 Å². The Labute approximate surface area is 185 Å². The minimum atomic E-state index is 0.293. The highest BCUT2D eigenvalue weighted by atomic mass is 16.5. The Kier molecular flexibility index (Phi) is 6.43. The van der Waals surface area contributed by atoms with Gasteiger partial charge >= 0.3 is 0 Å². The van der Waals surface area contributed by atoms with Crippen molar-refractivity contribution in [2.45, 2.75) is 46.3 Å². The molecule has 1 heterocycles. The highest BCUT2D eigenvalue weighted by molar-refractivity contribution is 5.84. The Morgan fingerprint density at radius 2 is 1.71 bits per heavy atom. The molecule has 3 aromatic carbocycles. The van der Waals surface area contributed by atoms with Crippen LogP contribution in [0.25, 0.3) is 10.9 Å². The van der Waals surface area contributed by atoms with E-state index in [4.69, 9.17) is 4.74 Å². The minimum Gasteiger partial charge on any atom is -0.489 e. The van der Waals surface area contributed by atoms with Crippen LogP contribution in [0.1, 0.15) is 48.4 Å². The van der Waals surface area contributed by atoms with Crippen LogP contribution in [0.15, 0.2) is 79.0 Å². The lowest BCUT2D eigenvalue weighted by atomic mass is 9.97. The molecule has 0 saturated heterocycles. The predicted octanol–water partition coefficient (Wildman–Crippen LogP) is 7.09. The summed E-state index contributed by atoms with van der Waals surface area (Å²) >= 11 is 0. The van der Waals surface area contributed by atoms with Crippen LogP contribution in [0.4, 0.5) is 0 Å². The normalized spacial score (nSPS) is 11.7. The first-order valence-electron chi connectivity index (χ1n) is 11.0. The molecule has 1 atom stereocenters. The molecule has 0 amide bonds. The van der Waals surface area contributed by atoms with Gasteiger partial charge in [-0.3, -0.25) is 0 Å². The van der Waals surface area contributed by atoms with E-state index >= 15 is 0 Å². The average Bonchev–Trinajstić information content (AvgIpc) is 3.21. The van der Waals surface area contributed by atoms with Crippen LogP contribution in [0.3, 0.4) is 0 Å². The molecule has 0 unspecified atom stereocenters. The molecule has 0 bridgehead atoms. The Balaban J connectivity index is 1.51. The number of rotatable bonds is 7. The van der Waals surface area contributed by atoms with Crippen LogP contribution in [0.5, 0.6) is 5.75 Å². The van der Waals surface area contributed by atoms with Gasteiger partial charge in [-0.05, 0) is 66.1 Å². The smallest absolute Gasteiger partial charge is 0.119 e. The third kappa shape index (κ3) is 4.67. The highest BCUT2D eigenvalue weighted by Crippen LogP contribution is 2.26. The quantitative estimate of drug-likeness (QED) is 0.298. The van der Waals surface area contributed by atoms with Gasteiger partial charge in [-0.15, -0.1) is 5.92 Å². The number of benzene rings is 3. The van der Waals surface area contributed by atoms with Gasteiger partial charge in [0, 0.05) is 18.7 Å². The summed E-state index contributed by atoms with van der Waals surface area (Å²) in [5, 5.41) is 1.27. The van der Waals surface area contributed by atoms with Crippen LogP contribution in [-0.4, -0.2) is 4.57 Å². The largest absolute Gasteiger partial charge is 0.489 e. The first-order chi connectivity index (χ1) is 15.2. The lowest BCUT2D eigenvalue weighted by Crippen LogP contribution is -2.03. The minimum absolute atomic E-state index is 0.293. The van der Waals surface area contributed by atoms with E-state index in [0.717, 1.165) is 18.7 Å². The molecular formula is C29H29NO. The molecule has 4 aromatic rings. The fourth-order valence-electron chi connectivity index (χ4n) is 4.14. The molecule has 0 spiro atoms. The van der Waals surface area contributed by atoms with Crippen LogP contribution >= 0.6 is 0 Å². The molecule has 4 rings (SSSR count). The van der Waals surface area contributed by atoms with Crippen molar-refractivity contribution in [3.05, 3.63) is 101 Å². The van der Waals surface area contributed by atoms with Gasteiger partial charge in [-0.1, -0.05) is 67.4 Å². The first-order valence-corrected chi connectivity index (χ1v) is 11.0. The van der Waals surface area contributed by atoms with Crippen molar-refractivity contribution >= 4 is 10.9 Å². The number of hydrogen-bond donors (Lipinski definition) is 0. The second-order valence-electron chi connectivity index (χ2n) is 7.93. The SMILES string of the molecule is CC#C[C@@H](CC)c1ccc(OCc2ccc3ccn(Cc4ccccc4)c3c2C)cc1. The fraction of sp³-hybridized carbons (Fsp3) is 0.241. The molecule has 0 fully saturated rings. The van der Waals surface area contributed by atoms with E-state index in [0.29, 0.717) is 12.5 Å². The summed E-state index contributed by atoms with van der Waals surface area (Å²) in [6.45, 7) is 7.70. The monoisotopic (exact) mass is 407 g/mol. The van der Waals surface area contributed by atoms with Crippen molar-refractivity contribution in [2.75, 3.05) is 0 Å². The molecule has 156 valence electrons. The van der Waals surface area contributed by atoms with Crippen molar-refractivity contribution in [3.8, 4) is 17.6 Å². The maximum absolute atomic E-state index is 6.14. The van der Waals surface area contributed by atoms with Gasteiger partial charge in [0.2, 0.25) is 0 Å². The zero-order valence-electron chi connectivity index (χ0n) is 18.6. The first kappa shape index (κ1) is 20.8. The van der Waals surface area contributed by atoms with Gasteiger partial charge in [0.15, 0.2) is 0 Å². The fourth-order valence-corrected chi connectivity index (χ4v) is 4.14. The van der Waals surface area contributed by atoms with Gasteiger partial charge in [0.05, 0.1) is 5.52 Å². The van der Waals surface area contributed by atoms with Crippen molar-refractivity contribution in [2.24, 2.45) is 0 Å². The van der Waals surface area contributed by atoms with Gasteiger partial charge in [0.25, 0.3) is 0 Å². The molecule has 0 aliphatic carbocycles. The Morgan fingerprint density at radius 3 is 2.42 bits per heavy atom. The number of nitrogens with zero attached hydrogens (tertiary/aromatic N) is 1. The molecule has 0 radical (unpaired) electrons. The number of ether oxygens (including phenoxy) is 1. The standard InChI is InChI=1S/C29H29NO/c1-4-9-24(5-2)25-14-16-28(17-15-25)31-21-27-13-12-26-18-19-30(29(26)22(27)3)20-23-10-7-6-8-11-23/h6-8,10-19,24H,5,20-21H2,1-3H3/t24-/m1/s1. The van der Waals surface area contributed by atoms with Crippen LogP contribution in [0.2, 0.25) is 0 Å². The van der Waals surface area contributed by atoms with E-state index in [-0.39, 0.29) is 0 Å². The van der Waals surface area contributed by atoms with E-state index in [2.05, 4.69) is 109 Å². The highest BCUT2D eigenvalue weighted by Gasteiger charge is 2.10. The van der Waals surface area contributed by atoms with E-state index < -0.39 is 0 Å². The van der Waals surface area contributed by atoms with E-state index in [1.807, 2.05) is 6.92 Å². The summed E-state index contributed by atoms with van der Waals surface area (Å²) in [4.78, 5) is 0. The van der Waals surface area contributed by atoms with Gasteiger partial charge in [0.1, 0.15) is 12.4 Å². The van der Waals surface area contributed by atoms with E-state index in [1.54, 1.807) is 0 Å². The lowest BCUT2D eigenvalue weighted by Gasteiger charge is -2.14. The van der Waals surface area contributed by atoms with Crippen molar-refractivity contribution in [1.29, 1.82) is 0 Å². The average molecular weight is 408 g/mol. The van der Waals surface area contributed by atoms with Gasteiger partial charge in [-0.2, -0.15) is 0 Å². The molecule has 0 aliphatic heterocycles. The van der Waals surface area contributed by atoms with Crippen LogP contribution in [-0.2, 0) is 13.2 Å². The molecule has 0 N–H and O–H groups in total. The second kappa shape index (κ2) is 9.58. The number of hydrogen-bond acceptors (Lipinski definition) is 1. The van der Waals surface area contributed by atoms with E-state index in [1.165, 1.54) is 33.2 Å². The van der Waals surface area contributed by atoms with Crippen molar-refractivity contribution in [1.82, 2.24) is 4.57 Å². The summed E-state index contributed by atoms with van der Waals surface area (Å²) in [5.41, 5.74) is 6.33. The summed E-state index contributed by atoms with van der Waals surface area (Å²) < 4.78 is 8.47. The zero-order chi connectivity index (χ0) is 21.6. The van der Waals surface area contributed by atoms with Gasteiger partial charge in [-0.25, -0.2) is 0 Å². The second-order valence-corrected chi connectivity index (χ2v) is 7.93. The van der Waals surface area contributed by atoms with Gasteiger partial charge < -0.3 is 9.30 Å². The number of fused-ring (bicyclic) bond motifs is 1. The summed E-state index contributed by atoms with van der Waals surface area (Å²) in [7, 11) is 0. The molecule has 2 nitrogen and oxygen atoms in total. The summed E-state index contributed by atoms with van der Waals surface area (Å²) in [6.07, 6.45) is 3.19. The summed E-state index contributed by atoms with van der Waals surface area (Å²) in [6, 6.07) is 25.5. The van der Waals surface area contributed by atoms with Crippen LogP contribution in [0, 0.1) is 18.8 Å². The molecule has 31 heavy (non-hydrogen) atoms. The Bertz CT molecular complexity index is 1210. The number of aryl methyl sites for hydroxylation is 1. The van der Waals surface area contributed by atoms with E-state index in [9.17, 15) is 0 Å². The third-order valence-electron chi connectivity index (χ3n) is 5.90. The molecule has 2 heteroatoms. The lowest BCUT2D eigenvalue weighted by molar-refractivity contribution is 0.305. The predicted molar refractivity (Wildman–Crippen MR) is 129 cm³/mol. The Morgan fingerprint density at radius 1 is 0.935 bits per heavy atom.